The average molecular weight is 274 g/mol. The van der Waals surface area contributed by atoms with Crippen LogP contribution in [0.3, 0.4) is 0 Å². The van der Waals surface area contributed by atoms with E-state index in [9.17, 15) is 4.39 Å². The van der Waals surface area contributed by atoms with Crippen LogP contribution in [0.4, 0.5) is 4.39 Å². The van der Waals surface area contributed by atoms with Crippen LogP contribution in [0.15, 0.2) is 42.5 Å². The number of nitrogens with zero attached hydrogens (tertiary/aromatic N) is 1. The van der Waals surface area contributed by atoms with Crippen molar-refractivity contribution < 1.29 is 9.13 Å². The van der Waals surface area contributed by atoms with Gasteiger partial charge in [-0.2, -0.15) is 0 Å². The molecule has 0 aliphatic carbocycles. The fourth-order valence-corrected chi connectivity index (χ4v) is 2.38. The van der Waals surface area contributed by atoms with Crippen LogP contribution >= 0.6 is 12.2 Å². The number of nitrogens with one attached hydrogen (secondary N) is 1. The molecule has 2 aromatic carbocycles. The van der Waals surface area contributed by atoms with Crippen LogP contribution in [-0.4, -0.2) is 16.7 Å². The summed E-state index contributed by atoms with van der Waals surface area (Å²) in [6.45, 7) is 0. The van der Waals surface area contributed by atoms with Gasteiger partial charge in [-0.25, -0.2) is 4.39 Å². The standard InChI is InChI=1S/C14H11FN2OS/c1-18-11-5-3-10(4-6-11)17-13-8-9(15)2-7-12(13)16-14(17)19/h2-8H,1H3,(H,16,19). The lowest BCUT2D eigenvalue weighted by atomic mass is 10.2. The number of methoxy groups -OCH3 is 1. The van der Waals surface area contributed by atoms with E-state index in [1.165, 1.54) is 12.1 Å². The molecule has 3 nitrogen and oxygen atoms in total. The lowest BCUT2D eigenvalue weighted by Crippen LogP contribution is -1.94. The molecule has 0 aliphatic rings. The van der Waals surface area contributed by atoms with E-state index >= 15 is 0 Å². The van der Waals surface area contributed by atoms with E-state index in [0.29, 0.717) is 4.77 Å². The quantitative estimate of drug-likeness (QED) is 0.720. The van der Waals surface area contributed by atoms with Gasteiger partial charge >= 0.3 is 0 Å². The van der Waals surface area contributed by atoms with Crippen LogP contribution in [-0.2, 0) is 0 Å². The predicted octanol–water partition coefficient (Wildman–Crippen LogP) is 3.84. The van der Waals surface area contributed by atoms with Gasteiger partial charge in [-0.1, -0.05) is 0 Å². The lowest BCUT2D eigenvalue weighted by Gasteiger charge is -2.06. The maximum absolute atomic E-state index is 13.4. The monoisotopic (exact) mass is 274 g/mol. The molecule has 19 heavy (non-hydrogen) atoms. The third kappa shape index (κ3) is 2.02. The smallest absolute Gasteiger partial charge is 0.182 e. The number of aromatic amines is 1. The minimum atomic E-state index is -0.288. The molecule has 0 fully saturated rings. The summed E-state index contributed by atoms with van der Waals surface area (Å²) < 4.78 is 20.8. The van der Waals surface area contributed by atoms with Gasteiger partial charge in [-0.15, -0.1) is 0 Å². The number of aromatic nitrogens is 2. The maximum atomic E-state index is 13.4. The van der Waals surface area contributed by atoms with Gasteiger partial charge in [0.15, 0.2) is 4.77 Å². The normalized spacial score (nSPS) is 10.8. The number of fused-ring (bicyclic) bond motifs is 1. The van der Waals surface area contributed by atoms with Gasteiger partial charge in [0.05, 0.1) is 18.1 Å². The summed E-state index contributed by atoms with van der Waals surface area (Å²) in [6, 6.07) is 12.0. The lowest BCUT2D eigenvalue weighted by molar-refractivity contribution is 0.415. The average Bonchev–Trinajstić information content (AvgIpc) is 2.74. The highest BCUT2D eigenvalue weighted by Gasteiger charge is 2.07. The van der Waals surface area contributed by atoms with Gasteiger partial charge < -0.3 is 9.72 Å². The minimum absolute atomic E-state index is 0.288. The van der Waals surface area contributed by atoms with Gasteiger partial charge in [0, 0.05) is 11.8 Å². The Morgan fingerprint density at radius 1 is 1.16 bits per heavy atom. The molecule has 5 heteroatoms. The van der Waals surface area contributed by atoms with Gasteiger partial charge in [-0.3, -0.25) is 4.57 Å². The molecule has 3 aromatic rings. The van der Waals surface area contributed by atoms with E-state index < -0.39 is 0 Å². The molecular formula is C14H11FN2OS. The van der Waals surface area contributed by atoms with Crippen molar-refractivity contribution in [2.75, 3.05) is 7.11 Å². The summed E-state index contributed by atoms with van der Waals surface area (Å²) in [4.78, 5) is 3.06. The number of H-pyrrole nitrogens is 1. The molecule has 0 atom stereocenters. The fourth-order valence-electron chi connectivity index (χ4n) is 2.06. The zero-order valence-corrected chi connectivity index (χ0v) is 11.0. The second-order valence-electron chi connectivity index (χ2n) is 4.13. The summed E-state index contributed by atoms with van der Waals surface area (Å²) in [5.74, 6) is 0.477. The summed E-state index contributed by atoms with van der Waals surface area (Å²) in [6.07, 6.45) is 0. The van der Waals surface area contributed by atoms with E-state index in [1.807, 2.05) is 24.3 Å². The van der Waals surface area contributed by atoms with Crippen molar-refractivity contribution in [1.82, 2.24) is 9.55 Å². The Hall–Kier alpha value is -2.14. The number of benzene rings is 2. The van der Waals surface area contributed by atoms with E-state index in [0.717, 1.165) is 22.5 Å². The van der Waals surface area contributed by atoms with Gasteiger partial charge in [-0.05, 0) is 48.6 Å². The molecule has 1 aromatic heterocycles. The molecule has 3 rings (SSSR count). The maximum Gasteiger partial charge on any atom is 0.182 e. The van der Waals surface area contributed by atoms with Crippen LogP contribution in [0.25, 0.3) is 16.7 Å². The zero-order valence-electron chi connectivity index (χ0n) is 10.2. The Kier molecular flexibility index (Phi) is 2.83. The Morgan fingerprint density at radius 2 is 1.89 bits per heavy atom. The van der Waals surface area contributed by atoms with Crippen LogP contribution in [0.5, 0.6) is 5.75 Å². The van der Waals surface area contributed by atoms with Crippen molar-refractivity contribution in [2.24, 2.45) is 0 Å². The Labute approximate surface area is 114 Å². The first-order valence-electron chi connectivity index (χ1n) is 5.74. The van der Waals surface area contributed by atoms with E-state index in [1.54, 1.807) is 17.7 Å². The summed E-state index contributed by atoms with van der Waals surface area (Å²) in [5, 5.41) is 0. The first kappa shape index (κ1) is 11.9. The molecule has 0 radical (unpaired) electrons. The molecule has 1 heterocycles. The highest BCUT2D eigenvalue weighted by atomic mass is 32.1. The van der Waals surface area contributed by atoms with Crippen LogP contribution in [0.2, 0.25) is 0 Å². The van der Waals surface area contributed by atoms with E-state index in [4.69, 9.17) is 17.0 Å². The number of halogens is 1. The molecule has 96 valence electrons. The van der Waals surface area contributed by atoms with Gasteiger partial charge in [0.1, 0.15) is 11.6 Å². The Balaban J connectivity index is 2.25. The second-order valence-corrected chi connectivity index (χ2v) is 4.51. The molecule has 1 N–H and O–H groups in total. The molecular weight excluding hydrogens is 263 g/mol. The number of rotatable bonds is 2. The van der Waals surface area contributed by atoms with E-state index in [2.05, 4.69) is 4.98 Å². The number of ether oxygens (including phenoxy) is 1. The highest BCUT2D eigenvalue weighted by Crippen LogP contribution is 2.22. The van der Waals surface area contributed by atoms with Crippen molar-refractivity contribution >= 4 is 23.3 Å². The SMILES string of the molecule is COc1ccc(-n2c(=S)[nH]c3ccc(F)cc32)cc1. The van der Waals surface area contributed by atoms with Gasteiger partial charge in [0.25, 0.3) is 0 Å². The van der Waals surface area contributed by atoms with Gasteiger partial charge in [0.2, 0.25) is 0 Å². The zero-order chi connectivity index (χ0) is 13.4. The molecule has 0 unspecified atom stereocenters. The van der Waals surface area contributed by atoms with Crippen LogP contribution in [0, 0.1) is 10.6 Å². The summed E-state index contributed by atoms with van der Waals surface area (Å²) >= 11 is 5.29. The summed E-state index contributed by atoms with van der Waals surface area (Å²) in [5.41, 5.74) is 2.39. The first-order valence-corrected chi connectivity index (χ1v) is 6.14. The molecule has 0 saturated carbocycles. The van der Waals surface area contributed by atoms with Crippen LogP contribution < -0.4 is 4.74 Å². The predicted molar refractivity (Wildman–Crippen MR) is 75.0 cm³/mol. The summed E-state index contributed by atoms with van der Waals surface area (Å²) in [7, 11) is 1.61. The number of hydrogen-bond donors (Lipinski definition) is 1. The first-order chi connectivity index (χ1) is 9.19. The van der Waals surface area contributed by atoms with Crippen LogP contribution in [0.1, 0.15) is 0 Å². The second kappa shape index (κ2) is 4.51. The topological polar surface area (TPSA) is 29.9 Å². The van der Waals surface area contributed by atoms with Crippen molar-refractivity contribution in [3.63, 3.8) is 0 Å². The van der Waals surface area contributed by atoms with Crippen molar-refractivity contribution in [1.29, 1.82) is 0 Å². The molecule has 0 spiro atoms. The van der Waals surface area contributed by atoms with E-state index in [-0.39, 0.29) is 5.82 Å². The van der Waals surface area contributed by atoms with Crippen molar-refractivity contribution in [2.45, 2.75) is 0 Å². The molecule has 0 saturated heterocycles. The molecule has 0 amide bonds. The fraction of sp³-hybridized carbons (Fsp3) is 0.0714. The highest BCUT2D eigenvalue weighted by molar-refractivity contribution is 7.71. The van der Waals surface area contributed by atoms with Crippen molar-refractivity contribution in [3.8, 4) is 11.4 Å². The minimum Gasteiger partial charge on any atom is -0.497 e. The number of imidazole rings is 1. The number of hydrogen-bond acceptors (Lipinski definition) is 2. The largest absolute Gasteiger partial charge is 0.497 e. The Morgan fingerprint density at radius 3 is 2.58 bits per heavy atom. The molecule has 0 aliphatic heterocycles. The third-order valence-electron chi connectivity index (χ3n) is 2.98. The molecule has 0 bridgehead atoms. The third-order valence-corrected chi connectivity index (χ3v) is 3.26. The van der Waals surface area contributed by atoms with Crippen molar-refractivity contribution in [3.05, 3.63) is 53.1 Å². The Bertz CT molecular complexity index is 789.